The Hall–Kier alpha value is -1.07. The van der Waals surface area contributed by atoms with Gasteiger partial charge in [0, 0.05) is 0 Å². The first-order valence-electron chi connectivity index (χ1n) is 4.36. The Kier molecular flexibility index (Phi) is 6.78. The summed E-state index contributed by atoms with van der Waals surface area (Å²) in [6.45, 7) is 3.15. The summed E-state index contributed by atoms with van der Waals surface area (Å²) in [6, 6.07) is 0. The topological polar surface area (TPSA) is 76.0 Å². The van der Waals surface area contributed by atoms with E-state index in [-0.39, 0.29) is 13.2 Å². The molecule has 0 spiro atoms. The van der Waals surface area contributed by atoms with Gasteiger partial charge in [-0.1, -0.05) is 0 Å². The molecule has 0 radical (unpaired) electrons. The van der Waals surface area contributed by atoms with Crippen LogP contribution in [0, 0.1) is 0 Å². The molecule has 0 amide bonds. The number of aliphatic hydroxyl groups excluding tert-OH is 2. The predicted octanol–water partition coefficient (Wildman–Crippen LogP) is -0.177. The van der Waals surface area contributed by atoms with Crippen LogP contribution in [0.1, 0.15) is 13.8 Å². The Morgan fingerprint density at radius 3 is 2.71 bits per heavy atom. The summed E-state index contributed by atoms with van der Waals surface area (Å²) in [5, 5.41) is 17.3. The molecule has 0 aromatic heterocycles. The Balaban J connectivity index is 3.81. The molecule has 0 heterocycles. The van der Waals surface area contributed by atoms with Crippen molar-refractivity contribution in [3.05, 3.63) is 11.8 Å². The molecule has 5 nitrogen and oxygen atoms in total. The van der Waals surface area contributed by atoms with E-state index in [1.807, 2.05) is 0 Å². The predicted molar refractivity (Wildman–Crippen MR) is 49.4 cm³/mol. The van der Waals surface area contributed by atoms with Gasteiger partial charge in [-0.25, -0.2) is 4.79 Å². The summed E-state index contributed by atoms with van der Waals surface area (Å²) in [5.74, 6) is -0.453. The molecule has 0 aliphatic rings. The van der Waals surface area contributed by atoms with Gasteiger partial charge in [-0.05, 0) is 13.8 Å². The van der Waals surface area contributed by atoms with E-state index in [4.69, 9.17) is 14.9 Å². The highest BCUT2D eigenvalue weighted by atomic mass is 16.5. The largest absolute Gasteiger partial charge is 0.498 e. The van der Waals surface area contributed by atoms with Crippen molar-refractivity contribution in [1.29, 1.82) is 0 Å². The summed E-state index contributed by atoms with van der Waals surface area (Å²) in [4.78, 5) is 11.0. The third-order valence-corrected chi connectivity index (χ3v) is 1.36. The molecule has 0 saturated heterocycles. The second kappa shape index (κ2) is 7.34. The highest BCUT2D eigenvalue weighted by Gasteiger charge is 2.05. The number of hydrogen-bond acceptors (Lipinski definition) is 5. The maximum absolute atomic E-state index is 11.0. The van der Waals surface area contributed by atoms with Crippen molar-refractivity contribution in [3.63, 3.8) is 0 Å². The molecule has 5 heteroatoms. The Morgan fingerprint density at radius 2 is 2.21 bits per heavy atom. The first kappa shape index (κ1) is 12.9. The van der Waals surface area contributed by atoms with E-state index in [1.165, 1.54) is 6.26 Å². The standard InChI is InChI=1S/C9H16O5/c1-3-14-9(12)7(2)5-13-6-8(11)4-10/h5,8,10-11H,3-4,6H2,1-2H3. The zero-order chi connectivity index (χ0) is 11.0. The minimum absolute atomic E-state index is 0.0484. The van der Waals surface area contributed by atoms with E-state index in [2.05, 4.69) is 4.74 Å². The van der Waals surface area contributed by atoms with Crippen molar-refractivity contribution in [2.24, 2.45) is 0 Å². The van der Waals surface area contributed by atoms with Gasteiger partial charge in [-0.3, -0.25) is 0 Å². The molecule has 1 atom stereocenters. The molecule has 0 aliphatic carbocycles. The van der Waals surface area contributed by atoms with E-state index in [0.29, 0.717) is 12.2 Å². The molecule has 0 bridgehead atoms. The molecular formula is C9H16O5. The van der Waals surface area contributed by atoms with E-state index in [9.17, 15) is 4.79 Å². The molecule has 1 unspecified atom stereocenters. The van der Waals surface area contributed by atoms with Crippen LogP contribution in [-0.2, 0) is 14.3 Å². The quantitative estimate of drug-likeness (QED) is 0.356. The van der Waals surface area contributed by atoms with Crippen molar-refractivity contribution in [2.45, 2.75) is 20.0 Å². The SMILES string of the molecule is CCOC(=O)C(C)=COCC(O)CO. The first-order chi connectivity index (χ1) is 6.61. The van der Waals surface area contributed by atoms with Crippen LogP contribution in [0.15, 0.2) is 11.8 Å². The average Bonchev–Trinajstić information content (AvgIpc) is 2.17. The molecule has 0 aromatic carbocycles. The molecule has 0 fully saturated rings. The highest BCUT2D eigenvalue weighted by Crippen LogP contribution is 1.97. The van der Waals surface area contributed by atoms with Crippen LogP contribution in [0.25, 0.3) is 0 Å². The van der Waals surface area contributed by atoms with E-state index in [1.54, 1.807) is 13.8 Å². The highest BCUT2D eigenvalue weighted by molar-refractivity contribution is 5.87. The lowest BCUT2D eigenvalue weighted by atomic mass is 10.3. The van der Waals surface area contributed by atoms with Crippen molar-refractivity contribution in [2.75, 3.05) is 19.8 Å². The third-order valence-electron chi connectivity index (χ3n) is 1.36. The minimum Gasteiger partial charge on any atom is -0.498 e. The fourth-order valence-corrected chi connectivity index (χ4v) is 0.630. The maximum atomic E-state index is 11.0. The van der Waals surface area contributed by atoms with E-state index in [0.717, 1.165) is 0 Å². The van der Waals surface area contributed by atoms with Crippen LogP contribution in [-0.4, -0.2) is 42.1 Å². The molecule has 0 rings (SSSR count). The second-order valence-corrected chi connectivity index (χ2v) is 2.69. The molecule has 2 N–H and O–H groups in total. The van der Waals surface area contributed by atoms with Gasteiger partial charge in [-0.2, -0.15) is 0 Å². The zero-order valence-corrected chi connectivity index (χ0v) is 8.40. The first-order valence-corrected chi connectivity index (χ1v) is 4.36. The summed E-state index contributed by atoms with van der Waals surface area (Å²) < 4.78 is 9.53. The van der Waals surface area contributed by atoms with Gasteiger partial charge >= 0.3 is 5.97 Å². The lowest BCUT2D eigenvalue weighted by Gasteiger charge is -2.07. The van der Waals surface area contributed by atoms with Gasteiger partial charge in [0.25, 0.3) is 0 Å². The Morgan fingerprint density at radius 1 is 1.57 bits per heavy atom. The van der Waals surface area contributed by atoms with Crippen LogP contribution < -0.4 is 0 Å². The van der Waals surface area contributed by atoms with Gasteiger partial charge in [0.15, 0.2) is 0 Å². The lowest BCUT2D eigenvalue weighted by molar-refractivity contribution is -0.138. The molecule has 0 aromatic rings. The molecular weight excluding hydrogens is 188 g/mol. The van der Waals surface area contributed by atoms with Crippen LogP contribution in [0.4, 0.5) is 0 Å². The number of aliphatic hydroxyl groups is 2. The van der Waals surface area contributed by atoms with Crippen molar-refractivity contribution < 1.29 is 24.5 Å². The smallest absolute Gasteiger partial charge is 0.336 e. The number of carbonyl (C=O) groups is 1. The monoisotopic (exact) mass is 204 g/mol. The number of carbonyl (C=O) groups excluding carboxylic acids is 1. The maximum Gasteiger partial charge on any atom is 0.336 e. The Bertz CT molecular complexity index is 199. The van der Waals surface area contributed by atoms with Gasteiger partial charge in [0.05, 0.1) is 25.0 Å². The molecule has 0 saturated carbocycles. The van der Waals surface area contributed by atoms with Crippen molar-refractivity contribution in [1.82, 2.24) is 0 Å². The molecule has 0 aliphatic heterocycles. The Labute approximate surface area is 82.9 Å². The number of rotatable bonds is 6. The zero-order valence-electron chi connectivity index (χ0n) is 8.40. The fraction of sp³-hybridized carbons (Fsp3) is 0.667. The number of hydrogen-bond donors (Lipinski definition) is 2. The summed E-state index contributed by atoms with van der Waals surface area (Å²) in [6.07, 6.45) is 0.276. The van der Waals surface area contributed by atoms with Gasteiger partial charge in [0.2, 0.25) is 0 Å². The van der Waals surface area contributed by atoms with Crippen LogP contribution in [0.3, 0.4) is 0 Å². The van der Waals surface area contributed by atoms with E-state index < -0.39 is 12.1 Å². The van der Waals surface area contributed by atoms with Crippen molar-refractivity contribution >= 4 is 5.97 Å². The fourth-order valence-electron chi connectivity index (χ4n) is 0.630. The normalized spacial score (nSPS) is 13.6. The number of ether oxygens (including phenoxy) is 2. The lowest BCUT2D eigenvalue weighted by Crippen LogP contribution is -2.18. The van der Waals surface area contributed by atoms with E-state index >= 15 is 0 Å². The summed E-state index contributed by atoms with van der Waals surface area (Å²) in [7, 11) is 0. The molecule has 82 valence electrons. The van der Waals surface area contributed by atoms with Crippen LogP contribution in [0.5, 0.6) is 0 Å². The second-order valence-electron chi connectivity index (χ2n) is 2.69. The average molecular weight is 204 g/mol. The van der Waals surface area contributed by atoms with Crippen molar-refractivity contribution in [3.8, 4) is 0 Å². The number of esters is 1. The van der Waals surface area contributed by atoms with Gasteiger partial charge in [0.1, 0.15) is 12.7 Å². The van der Waals surface area contributed by atoms with Gasteiger partial charge in [-0.15, -0.1) is 0 Å². The summed E-state index contributed by atoms with van der Waals surface area (Å²) >= 11 is 0. The minimum atomic E-state index is -0.929. The molecule has 14 heavy (non-hydrogen) atoms. The third kappa shape index (κ3) is 5.55. The van der Waals surface area contributed by atoms with Gasteiger partial charge < -0.3 is 19.7 Å². The van der Waals surface area contributed by atoms with Crippen LogP contribution in [0.2, 0.25) is 0 Å². The van der Waals surface area contributed by atoms with Crippen LogP contribution >= 0.6 is 0 Å². The summed E-state index contributed by atoms with van der Waals surface area (Å²) in [5.41, 5.74) is 0.317.